The van der Waals surface area contributed by atoms with E-state index in [0.717, 1.165) is 11.1 Å². The van der Waals surface area contributed by atoms with Gasteiger partial charge in [-0.1, -0.05) is 23.7 Å². The van der Waals surface area contributed by atoms with Gasteiger partial charge in [0, 0.05) is 16.7 Å². The Labute approximate surface area is 114 Å². The van der Waals surface area contributed by atoms with Crippen LogP contribution in [0.25, 0.3) is 16.8 Å². The van der Waals surface area contributed by atoms with Crippen LogP contribution >= 0.6 is 11.6 Å². The van der Waals surface area contributed by atoms with Crippen molar-refractivity contribution in [3.63, 3.8) is 0 Å². The standard InChI is InChI=1S/C13H11ClN4O/c1-19-11-7-6-10(8-2-4-9(14)5-3-8)12-16-13(15)17-18(11)12/h2-7H,1H3,(H2,15,17). The zero-order chi connectivity index (χ0) is 13.4. The maximum atomic E-state index is 5.90. The lowest BCUT2D eigenvalue weighted by molar-refractivity contribution is 0.386. The molecule has 0 spiro atoms. The van der Waals surface area contributed by atoms with Crippen molar-refractivity contribution in [2.75, 3.05) is 12.8 Å². The van der Waals surface area contributed by atoms with Crippen molar-refractivity contribution >= 4 is 23.2 Å². The van der Waals surface area contributed by atoms with Crippen LogP contribution in [0.15, 0.2) is 36.4 Å². The van der Waals surface area contributed by atoms with Crippen LogP contribution in [-0.2, 0) is 0 Å². The van der Waals surface area contributed by atoms with Gasteiger partial charge in [-0.05, 0) is 23.8 Å². The number of methoxy groups -OCH3 is 1. The Morgan fingerprint density at radius 2 is 1.89 bits per heavy atom. The van der Waals surface area contributed by atoms with Crippen LogP contribution in [0.3, 0.4) is 0 Å². The van der Waals surface area contributed by atoms with E-state index in [1.165, 1.54) is 0 Å². The summed E-state index contributed by atoms with van der Waals surface area (Å²) in [6.45, 7) is 0. The van der Waals surface area contributed by atoms with E-state index in [1.54, 1.807) is 11.6 Å². The first-order valence-electron chi connectivity index (χ1n) is 5.64. The van der Waals surface area contributed by atoms with Crippen LogP contribution in [0.5, 0.6) is 5.88 Å². The van der Waals surface area contributed by atoms with Gasteiger partial charge in [-0.2, -0.15) is 9.50 Å². The molecular weight excluding hydrogens is 264 g/mol. The number of nitrogens with two attached hydrogens (primary N) is 1. The first-order chi connectivity index (χ1) is 9.19. The highest BCUT2D eigenvalue weighted by Gasteiger charge is 2.12. The number of pyridine rings is 1. The van der Waals surface area contributed by atoms with E-state index in [1.807, 2.05) is 36.4 Å². The molecule has 0 fully saturated rings. The first-order valence-corrected chi connectivity index (χ1v) is 6.02. The predicted molar refractivity (Wildman–Crippen MR) is 74.4 cm³/mol. The van der Waals surface area contributed by atoms with Crippen LogP contribution in [-0.4, -0.2) is 21.7 Å². The van der Waals surface area contributed by atoms with Crippen LogP contribution in [0.1, 0.15) is 0 Å². The lowest BCUT2D eigenvalue weighted by Gasteiger charge is -2.06. The van der Waals surface area contributed by atoms with E-state index in [2.05, 4.69) is 10.1 Å². The molecule has 0 aliphatic heterocycles. The number of fused-ring (bicyclic) bond motifs is 1. The molecule has 5 nitrogen and oxygen atoms in total. The molecule has 0 bridgehead atoms. The largest absolute Gasteiger partial charge is 0.481 e. The van der Waals surface area contributed by atoms with Gasteiger partial charge in [0.1, 0.15) is 0 Å². The van der Waals surface area contributed by atoms with E-state index in [4.69, 9.17) is 22.1 Å². The second kappa shape index (κ2) is 4.44. The van der Waals surface area contributed by atoms with Gasteiger partial charge in [0.15, 0.2) is 5.65 Å². The Hall–Kier alpha value is -2.27. The maximum Gasteiger partial charge on any atom is 0.240 e. The van der Waals surface area contributed by atoms with Gasteiger partial charge in [0.05, 0.1) is 7.11 Å². The van der Waals surface area contributed by atoms with Crippen LogP contribution in [0.2, 0.25) is 5.02 Å². The fourth-order valence-corrected chi connectivity index (χ4v) is 2.09. The second-order valence-electron chi connectivity index (χ2n) is 4.00. The van der Waals surface area contributed by atoms with Gasteiger partial charge in [0.2, 0.25) is 11.8 Å². The fraction of sp³-hybridized carbons (Fsp3) is 0.0769. The highest BCUT2D eigenvalue weighted by Crippen LogP contribution is 2.28. The number of nitrogen functional groups attached to an aromatic ring is 1. The summed E-state index contributed by atoms with van der Waals surface area (Å²) in [6.07, 6.45) is 0. The molecule has 0 saturated carbocycles. The number of rotatable bonds is 2. The molecule has 2 heterocycles. The summed E-state index contributed by atoms with van der Waals surface area (Å²) < 4.78 is 6.82. The molecule has 0 radical (unpaired) electrons. The minimum absolute atomic E-state index is 0.208. The van der Waals surface area contributed by atoms with Crippen LogP contribution in [0, 0.1) is 0 Å². The summed E-state index contributed by atoms with van der Waals surface area (Å²) in [6, 6.07) is 11.3. The highest BCUT2D eigenvalue weighted by molar-refractivity contribution is 6.30. The molecule has 96 valence electrons. The summed E-state index contributed by atoms with van der Waals surface area (Å²) in [5, 5.41) is 4.81. The van der Waals surface area contributed by atoms with E-state index < -0.39 is 0 Å². The minimum atomic E-state index is 0.208. The van der Waals surface area contributed by atoms with Gasteiger partial charge in [0.25, 0.3) is 0 Å². The quantitative estimate of drug-likeness (QED) is 0.780. The zero-order valence-electron chi connectivity index (χ0n) is 10.2. The molecule has 0 atom stereocenters. The number of aromatic nitrogens is 3. The number of hydrogen-bond donors (Lipinski definition) is 1. The summed E-state index contributed by atoms with van der Waals surface area (Å²) in [5.41, 5.74) is 8.23. The number of benzene rings is 1. The normalized spacial score (nSPS) is 10.8. The molecule has 0 unspecified atom stereocenters. The highest BCUT2D eigenvalue weighted by atomic mass is 35.5. The first kappa shape index (κ1) is 11.8. The number of ether oxygens (including phenoxy) is 1. The molecule has 0 aliphatic carbocycles. The van der Waals surface area contributed by atoms with Crippen LogP contribution in [0.4, 0.5) is 5.95 Å². The molecule has 1 aromatic carbocycles. The molecule has 0 aliphatic rings. The van der Waals surface area contributed by atoms with Gasteiger partial charge in [-0.3, -0.25) is 0 Å². The van der Waals surface area contributed by atoms with Gasteiger partial charge < -0.3 is 10.5 Å². The Morgan fingerprint density at radius 1 is 1.16 bits per heavy atom. The molecule has 0 amide bonds. The molecule has 19 heavy (non-hydrogen) atoms. The number of nitrogens with zero attached hydrogens (tertiary/aromatic N) is 3. The Kier molecular flexibility index (Phi) is 2.76. The van der Waals surface area contributed by atoms with E-state index >= 15 is 0 Å². The molecule has 0 saturated heterocycles. The van der Waals surface area contributed by atoms with E-state index in [-0.39, 0.29) is 5.95 Å². The molecule has 3 aromatic rings. The number of hydrogen-bond acceptors (Lipinski definition) is 4. The summed E-state index contributed by atoms with van der Waals surface area (Å²) in [7, 11) is 1.58. The maximum absolute atomic E-state index is 5.90. The molecule has 2 aromatic heterocycles. The predicted octanol–water partition coefficient (Wildman–Crippen LogP) is 2.64. The monoisotopic (exact) mass is 274 g/mol. The van der Waals surface area contributed by atoms with Crippen molar-refractivity contribution in [2.45, 2.75) is 0 Å². The molecule has 2 N–H and O–H groups in total. The summed E-state index contributed by atoms with van der Waals surface area (Å²) in [5.74, 6) is 0.789. The number of anilines is 1. The average Bonchev–Trinajstić information content (AvgIpc) is 2.80. The van der Waals surface area contributed by atoms with Crippen molar-refractivity contribution in [3.05, 3.63) is 41.4 Å². The van der Waals surface area contributed by atoms with Crippen molar-refractivity contribution in [2.24, 2.45) is 0 Å². The molecular formula is C13H11ClN4O. The topological polar surface area (TPSA) is 65.4 Å². The smallest absolute Gasteiger partial charge is 0.240 e. The molecule has 3 rings (SSSR count). The third-order valence-corrected chi connectivity index (χ3v) is 3.08. The van der Waals surface area contributed by atoms with E-state index in [9.17, 15) is 0 Å². The third kappa shape index (κ3) is 1.98. The van der Waals surface area contributed by atoms with Crippen molar-refractivity contribution in [3.8, 4) is 17.0 Å². The SMILES string of the molecule is COc1ccc(-c2ccc(Cl)cc2)c2nc(N)nn12. The average molecular weight is 275 g/mol. The van der Waals surface area contributed by atoms with Crippen molar-refractivity contribution < 1.29 is 4.74 Å². The molecule has 6 heteroatoms. The van der Waals surface area contributed by atoms with Crippen molar-refractivity contribution in [1.29, 1.82) is 0 Å². The number of halogens is 1. The van der Waals surface area contributed by atoms with Gasteiger partial charge in [-0.25, -0.2) is 0 Å². The Bertz CT molecular complexity index is 736. The zero-order valence-corrected chi connectivity index (χ0v) is 10.9. The van der Waals surface area contributed by atoms with Crippen LogP contribution < -0.4 is 10.5 Å². The van der Waals surface area contributed by atoms with Crippen molar-refractivity contribution in [1.82, 2.24) is 14.6 Å². The summed E-state index contributed by atoms with van der Waals surface area (Å²) in [4.78, 5) is 4.24. The van der Waals surface area contributed by atoms with E-state index in [0.29, 0.717) is 16.5 Å². The third-order valence-electron chi connectivity index (χ3n) is 2.83. The Morgan fingerprint density at radius 3 is 2.58 bits per heavy atom. The lowest BCUT2D eigenvalue weighted by atomic mass is 10.1. The van der Waals surface area contributed by atoms with Gasteiger partial charge in [-0.15, -0.1) is 5.10 Å². The summed E-state index contributed by atoms with van der Waals surface area (Å²) >= 11 is 5.90. The second-order valence-corrected chi connectivity index (χ2v) is 4.44. The Balaban J connectivity index is 2.27. The fourth-order valence-electron chi connectivity index (χ4n) is 1.97. The van der Waals surface area contributed by atoms with Gasteiger partial charge >= 0.3 is 0 Å². The lowest BCUT2D eigenvalue weighted by Crippen LogP contribution is -1.97. The minimum Gasteiger partial charge on any atom is -0.481 e.